The van der Waals surface area contributed by atoms with Gasteiger partial charge in [-0.1, -0.05) is 66.2 Å². The Bertz CT molecular complexity index is 94.2. The van der Waals surface area contributed by atoms with E-state index in [1.165, 1.54) is 38.5 Å². The lowest BCUT2D eigenvalue weighted by Crippen LogP contribution is -2.01. The summed E-state index contributed by atoms with van der Waals surface area (Å²) in [6.07, 6.45) is 10.9. The Labute approximate surface area is 85.1 Å². The molecule has 0 aliphatic heterocycles. The first-order chi connectivity index (χ1) is 6.16. The van der Waals surface area contributed by atoms with E-state index in [1.807, 2.05) is 0 Å². The van der Waals surface area contributed by atoms with Gasteiger partial charge in [-0.2, -0.15) is 0 Å². The summed E-state index contributed by atoms with van der Waals surface area (Å²) in [5, 5.41) is 0. The molecule has 0 saturated carbocycles. The summed E-state index contributed by atoms with van der Waals surface area (Å²) in [4.78, 5) is 0. The second kappa shape index (κ2) is 8.59. The van der Waals surface area contributed by atoms with Gasteiger partial charge in [0.1, 0.15) is 0 Å². The molecule has 0 aromatic heterocycles. The summed E-state index contributed by atoms with van der Waals surface area (Å²) in [6, 6.07) is 0. The van der Waals surface area contributed by atoms with Crippen molar-refractivity contribution in [3.8, 4) is 0 Å². The Kier molecular flexibility index (Phi) is 8.59. The number of unbranched alkanes of at least 4 members (excludes halogenated alkanes) is 4. The van der Waals surface area contributed by atoms with Crippen LogP contribution < -0.4 is 0 Å². The van der Waals surface area contributed by atoms with E-state index < -0.39 is 0 Å². The Hall–Kier alpha value is 0. The van der Waals surface area contributed by atoms with E-state index in [1.54, 1.807) is 0 Å². The molecule has 0 amide bonds. The van der Waals surface area contributed by atoms with Gasteiger partial charge in [0.25, 0.3) is 0 Å². The van der Waals surface area contributed by atoms with Crippen LogP contribution in [-0.2, 0) is 0 Å². The molecule has 1 atom stereocenters. The number of rotatable bonds is 8. The Morgan fingerprint density at radius 1 is 0.923 bits per heavy atom. The molecule has 0 fully saturated rings. The van der Waals surface area contributed by atoms with Gasteiger partial charge in [0.15, 0.2) is 0 Å². The molecule has 0 aliphatic rings. The van der Waals surface area contributed by atoms with Crippen molar-refractivity contribution >= 4 is 0 Å². The van der Waals surface area contributed by atoms with E-state index in [0.717, 1.165) is 11.8 Å². The number of hydrogen-bond acceptors (Lipinski definition) is 0. The fourth-order valence-corrected chi connectivity index (χ4v) is 1.82. The molecule has 1 radical (unpaired) electrons. The fourth-order valence-electron chi connectivity index (χ4n) is 1.82. The van der Waals surface area contributed by atoms with Gasteiger partial charge in [0, 0.05) is 0 Å². The first-order valence-corrected chi connectivity index (χ1v) is 6.01. The van der Waals surface area contributed by atoms with Crippen LogP contribution in [0, 0.1) is 18.3 Å². The molecule has 0 spiro atoms. The molecular formula is C13H27. The second-order valence-electron chi connectivity index (χ2n) is 4.62. The maximum Gasteiger partial charge on any atom is -0.0332 e. The first-order valence-electron chi connectivity index (χ1n) is 6.01. The molecule has 0 aliphatic carbocycles. The van der Waals surface area contributed by atoms with Crippen molar-refractivity contribution in [3.63, 3.8) is 0 Å². The molecule has 13 heavy (non-hydrogen) atoms. The Balaban J connectivity index is 3.12. The molecule has 0 aromatic rings. The monoisotopic (exact) mass is 183 g/mol. The van der Waals surface area contributed by atoms with Crippen LogP contribution in [0.4, 0.5) is 0 Å². The quantitative estimate of drug-likeness (QED) is 0.472. The topological polar surface area (TPSA) is 0 Å². The van der Waals surface area contributed by atoms with Crippen LogP contribution in [0.1, 0.15) is 66.2 Å². The minimum absolute atomic E-state index is 0.755. The van der Waals surface area contributed by atoms with Crippen molar-refractivity contribution in [1.29, 1.82) is 0 Å². The molecule has 0 rings (SSSR count). The van der Waals surface area contributed by atoms with Crippen molar-refractivity contribution in [1.82, 2.24) is 0 Å². The van der Waals surface area contributed by atoms with Crippen LogP contribution in [0.3, 0.4) is 0 Å². The summed E-state index contributed by atoms with van der Waals surface area (Å²) < 4.78 is 0. The van der Waals surface area contributed by atoms with Crippen molar-refractivity contribution < 1.29 is 0 Å². The fraction of sp³-hybridized carbons (Fsp3) is 0.923. The highest BCUT2D eigenvalue weighted by Crippen LogP contribution is 2.17. The van der Waals surface area contributed by atoms with Gasteiger partial charge >= 0.3 is 0 Å². The molecule has 1 unspecified atom stereocenters. The average molecular weight is 183 g/mol. The van der Waals surface area contributed by atoms with Crippen LogP contribution >= 0.6 is 0 Å². The highest BCUT2D eigenvalue weighted by Gasteiger charge is 2.04. The van der Waals surface area contributed by atoms with Crippen LogP contribution in [-0.4, -0.2) is 0 Å². The van der Waals surface area contributed by atoms with Crippen molar-refractivity contribution in [2.45, 2.75) is 66.2 Å². The molecule has 0 heterocycles. The van der Waals surface area contributed by atoms with Crippen LogP contribution in [0.15, 0.2) is 0 Å². The Morgan fingerprint density at radius 2 is 1.54 bits per heavy atom. The SMILES string of the molecule is CCCCCCCC(C)[CH]C(C)C. The third-order valence-corrected chi connectivity index (χ3v) is 2.48. The largest absolute Gasteiger partial charge is 0.0654 e. The van der Waals surface area contributed by atoms with E-state index in [9.17, 15) is 0 Å². The number of hydrogen-bond donors (Lipinski definition) is 0. The van der Waals surface area contributed by atoms with E-state index in [2.05, 4.69) is 34.1 Å². The lowest BCUT2D eigenvalue weighted by atomic mass is 9.93. The van der Waals surface area contributed by atoms with Gasteiger partial charge in [-0.25, -0.2) is 0 Å². The van der Waals surface area contributed by atoms with Gasteiger partial charge in [-0.15, -0.1) is 0 Å². The summed E-state index contributed by atoms with van der Waals surface area (Å²) in [5.74, 6) is 1.58. The minimum Gasteiger partial charge on any atom is -0.0654 e. The zero-order valence-corrected chi connectivity index (χ0v) is 9.97. The van der Waals surface area contributed by atoms with Gasteiger partial charge in [-0.05, 0) is 18.3 Å². The minimum atomic E-state index is 0.755. The van der Waals surface area contributed by atoms with Crippen molar-refractivity contribution in [3.05, 3.63) is 6.42 Å². The molecule has 79 valence electrons. The molecule has 0 bridgehead atoms. The Morgan fingerprint density at radius 3 is 2.08 bits per heavy atom. The molecule has 0 aromatic carbocycles. The summed E-state index contributed by atoms with van der Waals surface area (Å²) in [5.41, 5.74) is 0. The normalized spacial score (nSPS) is 13.6. The average Bonchev–Trinajstić information content (AvgIpc) is 2.02. The lowest BCUT2D eigenvalue weighted by molar-refractivity contribution is 0.493. The summed E-state index contributed by atoms with van der Waals surface area (Å²) in [7, 11) is 0. The second-order valence-corrected chi connectivity index (χ2v) is 4.62. The molecule has 0 nitrogen and oxygen atoms in total. The van der Waals surface area contributed by atoms with Gasteiger partial charge in [0.2, 0.25) is 0 Å². The maximum absolute atomic E-state index is 2.47. The van der Waals surface area contributed by atoms with Crippen LogP contribution in [0.2, 0.25) is 0 Å². The van der Waals surface area contributed by atoms with Crippen molar-refractivity contribution in [2.75, 3.05) is 0 Å². The molecule has 0 saturated heterocycles. The van der Waals surface area contributed by atoms with Gasteiger partial charge < -0.3 is 0 Å². The highest BCUT2D eigenvalue weighted by atomic mass is 14.1. The zero-order valence-electron chi connectivity index (χ0n) is 9.97. The maximum atomic E-state index is 2.47. The van der Waals surface area contributed by atoms with E-state index in [-0.39, 0.29) is 0 Å². The molecule has 0 heteroatoms. The zero-order chi connectivity index (χ0) is 10.1. The van der Waals surface area contributed by atoms with Crippen molar-refractivity contribution in [2.24, 2.45) is 11.8 Å². The summed E-state index contributed by atoms with van der Waals surface area (Å²) in [6.45, 7) is 9.16. The van der Waals surface area contributed by atoms with E-state index >= 15 is 0 Å². The third-order valence-electron chi connectivity index (χ3n) is 2.48. The first kappa shape index (κ1) is 13.0. The van der Waals surface area contributed by atoms with Crippen LogP contribution in [0.25, 0.3) is 0 Å². The standard InChI is InChI=1S/C13H27/c1-5-6-7-8-9-10-13(4)11-12(2)3/h11-13H,5-10H2,1-4H3. The lowest BCUT2D eigenvalue weighted by Gasteiger charge is -2.12. The highest BCUT2D eigenvalue weighted by molar-refractivity contribution is 4.75. The van der Waals surface area contributed by atoms with E-state index in [0.29, 0.717) is 0 Å². The van der Waals surface area contributed by atoms with Gasteiger partial charge in [-0.3, -0.25) is 0 Å². The molecular weight excluding hydrogens is 156 g/mol. The molecule has 0 N–H and O–H groups in total. The predicted octanol–water partition coefficient (Wildman–Crippen LogP) is 4.84. The summed E-state index contributed by atoms with van der Waals surface area (Å²) >= 11 is 0. The predicted molar refractivity (Wildman–Crippen MR) is 61.7 cm³/mol. The third kappa shape index (κ3) is 9.92. The smallest absolute Gasteiger partial charge is 0.0332 e. The van der Waals surface area contributed by atoms with Gasteiger partial charge in [0.05, 0.1) is 0 Å². The van der Waals surface area contributed by atoms with Crippen LogP contribution in [0.5, 0.6) is 0 Å². The van der Waals surface area contributed by atoms with E-state index in [4.69, 9.17) is 0 Å².